The minimum absolute atomic E-state index is 0.195. The smallest absolute Gasteiger partial charge is 0.214 e. The molecule has 0 aliphatic carbocycles. The van der Waals surface area contributed by atoms with Gasteiger partial charge in [0.1, 0.15) is 11.9 Å². The Morgan fingerprint density at radius 1 is 1.17 bits per heavy atom. The molecule has 0 unspecified atom stereocenters. The summed E-state index contributed by atoms with van der Waals surface area (Å²) >= 11 is 0. The molecule has 0 spiro atoms. The third-order valence-electron chi connectivity index (χ3n) is 3.10. The highest BCUT2D eigenvalue weighted by Crippen LogP contribution is 2.22. The van der Waals surface area contributed by atoms with Crippen molar-refractivity contribution >= 4 is 10.9 Å². The van der Waals surface area contributed by atoms with Gasteiger partial charge in [-0.05, 0) is 24.3 Å². The topological polar surface area (TPSA) is 51.6 Å². The first kappa shape index (κ1) is 11.3. The predicted molar refractivity (Wildman–Crippen MR) is 67.9 cm³/mol. The molecule has 0 radical (unpaired) electrons. The highest BCUT2D eigenvalue weighted by Gasteiger charge is 2.15. The molecule has 2 aromatic rings. The largest absolute Gasteiger partial charge is 0.508 e. The lowest BCUT2D eigenvalue weighted by Crippen LogP contribution is -2.26. The normalized spacial score (nSPS) is 16.9. The molecule has 94 valence electrons. The van der Waals surface area contributed by atoms with Crippen LogP contribution in [0.1, 0.15) is 12.8 Å². The average molecular weight is 245 g/mol. The maximum Gasteiger partial charge on any atom is 0.214 e. The Kier molecular flexibility index (Phi) is 3.02. The zero-order valence-corrected chi connectivity index (χ0v) is 10.0. The molecule has 1 aliphatic heterocycles. The van der Waals surface area contributed by atoms with E-state index in [0.717, 1.165) is 37.0 Å². The van der Waals surface area contributed by atoms with Crippen LogP contribution in [0.15, 0.2) is 30.3 Å². The third-order valence-corrected chi connectivity index (χ3v) is 3.10. The van der Waals surface area contributed by atoms with Crippen LogP contribution >= 0.6 is 0 Å². The molecular weight excluding hydrogens is 230 g/mol. The van der Waals surface area contributed by atoms with Crippen molar-refractivity contribution in [3.63, 3.8) is 0 Å². The molecule has 0 saturated carbocycles. The molecule has 0 bridgehead atoms. The summed E-state index contributed by atoms with van der Waals surface area (Å²) in [5, 5.41) is 10.3. The van der Waals surface area contributed by atoms with Crippen molar-refractivity contribution in [3.05, 3.63) is 30.3 Å². The van der Waals surface area contributed by atoms with Gasteiger partial charge in [0.05, 0.1) is 18.7 Å². The van der Waals surface area contributed by atoms with Crippen LogP contribution in [0, 0.1) is 0 Å². The first-order chi connectivity index (χ1) is 8.81. The summed E-state index contributed by atoms with van der Waals surface area (Å²) in [4.78, 5) is 4.44. The van der Waals surface area contributed by atoms with Gasteiger partial charge in [0.15, 0.2) is 0 Å². The molecule has 1 aliphatic rings. The molecule has 3 rings (SSSR count). The van der Waals surface area contributed by atoms with E-state index < -0.39 is 0 Å². The Bertz CT molecular complexity index is 550. The van der Waals surface area contributed by atoms with Gasteiger partial charge in [0.25, 0.3) is 0 Å². The number of rotatable bonds is 2. The van der Waals surface area contributed by atoms with E-state index in [0.29, 0.717) is 5.88 Å². The number of hydrogen-bond acceptors (Lipinski definition) is 4. The van der Waals surface area contributed by atoms with Gasteiger partial charge >= 0.3 is 0 Å². The second-order valence-corrected chi connectivity index (χ2v) is 4.46. The lowest BCUT2D eigenvalue weighted by Gasteiger charge is -2.22. The average Bonchev–Trinajstić information content (AvgIpc) is 2.40. The molecule has 18 heavy (non-hydrogen) atoms. The Morgan fingerprint density at radius 2 is 2.00 bits per heavy atom. The zero-order chi connectivity index (χ0) is 12.4. The molecule has 1 saturated heterocycles. The minimum Gasteiger partial charge on any atom is -0.508 e. The summed E-state index contributed by atoms with van der Waals surface area (Å²) in [6.45, 7) is 1.51. The Balaban J connectivity index is 1.82. The summed E-state index contributed by atoms with van der Waals surface area (Å²) in [5.41, 5.74) is 0.831. The minimum atomic E-state index is 0.195. The van der Waals surface area contributed by atoms with Crippen LogP contribution in [0.4, 0.5) is 0 Å². The van der Waals surface area contributed by atoms with E-state index in [2.05, 4.69) is 4.98 Å². The maximum absolute atomic E-state index is 9.39. The Labute approximate surface area is 105 Å². The van der Waals surface area contributed by atoms with E-state index >= 15 is 0 Å². The van der Waals surface area contributed by atoms with Crippen LogP contribution in [0.2, 0.25) is 0 Å². The predicted octanol–water partition coefficient (Wildman–Crippen LogP) is 2.50. The van der Waals surface area contributed by atoms with Crippen molar-refractivity contribution in [1.29, 1.82) is 0 Å². The summed E-state index contributed by atoms with van der Waals surface area (Å²) < 4.78 is 11.1. The van der Waals surface area contributed by atoms with Crippen LogP contribution in [-0.2, 0) is 4.74 Å². The van der Waals surface area contributed by atoms with Crippen molar-refractivity contribution < 1.29 is 14.6 Å². The van der Waals surface area contributed by atoms with E-state index in [-0.39, 0.29) is 11.9 Å². The van der Waals surface area contributed by atoms with Crippen LogP contribution in [0.3, 0.4) is 0 Å². The number of fused-ring (bicyclic) bond motifs is 1. The van der Waals surface area contributed by atoms with E-state index in [9.17, 15) is 5.11 Å². The number of ether oxygens (including phenoxy) is 2. The standard InChI is InChI=1S/C14H15NO3/c16-11-2-3-13-10(9-11)1-4-14(15-13)18-12-5-7-17-8-6-12/h1-4,9,12,16H,5-8H2. The lowest BCUT2D eigenvalue weighted by atomic mass is 10.1. The van der Waals surface area contributed by atoms with Crippen molar-refractivity contribution in [1.82, 2.24) is 4.98 Å². The highest BCUT2D eigenvalue weighted by molar-refractivity contribution is 5.80. The summed E-state index contributed by atoms with van der Waals surface area (Å²) in [6, 6.07) is 8.88. The van der Waals surface area contributed by atoms with Crippen molar-refractivity contribution in [3.8, 4) is 11.6 Å². The van der Waals surface area contributed by atoms with Gasteiger partial charge < -0.3 is 14.6 Å². The first-order valence-corrected chi connectivity index (χ1v) is 6.15. The number of aromatic nitrogens is 1. The van der Waals surface area contributed by atoms with E-state index in [1.165, 1.54) is 0 Å². The molecule has 1 fully saturated rings. The zero-order valence-electron chi connectivity index (χ0n) is 10.0. The van der Waals surface area contributed by atoms with Crippen LogP contribution in [-0.4, -0.2) is 29.4 Å². The maximum atomic E-state index is 9.39. The Hall–Kier alpha value is -1.81. The van der Waals surface area contributed by atoms with E-state index in [1.54, 1.807) is 18.2 Å². The SMILES string of the molecule is Oc1ccc2nc(OC3CCOCC3)ccc2c1. The molecule has 1 aromatic carbocycles. The molecule has 1 N–H and O–H groups in total. The fourth-order valence-corrected chi connectivity index (χ4v) is 2.12. The fraction of sp³-hybridized carbons (Fsp3) is 0.357. The van der Waals surface area contributed by atoms with E-state index in [1.807, 2.05) is 12.1 Å². The van der Waals surface area contributed by atoms with Gasteiger partial charge in [0, 0.05) is 24.3 Å². The highest BCUT2D eigenvalue weighted by atomic mass is 16.5. The molecular formula is C14H15NO3. The molecule has 0 amide bonds. The van der Waals surface area contributed by atoms with Crippen molar-refractivity contribution in [2.24, 2.45) is 0 Å². The number of phenolic OH excluding ortho intramolecular Hbond substituents is 1. The van der Waals surface area contributed by atoms with Gasteiger partial charge in [-0.15, -0.1) is 0 Å². The van der Waals surface area contributed by atoms with Gasteiger partial charge in [-0.3, -0.25) is 0 Å². The van der Waals surface area contributed by atoms with Gasteiger partial charge in [-0.1, -0.05) is 0 Å². The van der Waals surface area contributed by atoms with Crippen molar-refractivity contribution in [2.75, 3.05) is 13.2 Å². The molecule has 4 nitrogen and oxygen atoms in total. The number of nitrogens with zero attached hydrogens (tertiary/aromatic N) is 1. The molecule has 0 atom stereocenters. The summed E-state index contributed by atoms with van der Waals surface area (Å²) in [6.07, 6.45) is 2.02. The fourth-order valence-electron chi connectivity index (χ4n) is 2.12. The van der Waals surface area contributed by atoms with Gasteiger partial charge in [-0.25, -0.2) is 4.98 Å². The van der Waals surface area contributed by atoms with E-state index in [4.69, 9.17) is 9.47 Å². The van der Waals surface area contributed by atoms with Crippen LogP contribution in [0.25, 0.3) is 10.9 Å². The number of pyridine rings is 1. The monoisotopic (exact) mass is 245 g/mol. The summed E-state index contributed by atoms with van der Waals surface area (Å²) in [5.74, 6) is 0.891. The lowest BCUT2D eigenvalue weighted by molar-refractivity contribution is 0.0239. The van der Waals surface area contributed by atoms with Crippen molar-refractivity contribution in [2.45, 2.75) is 18.9 Å². The molecule has 4 heteroatoms. The Morgan fingerprint density at radius 3 is 2.83 bits per heavy atom. The van der Waals surface area contributed by atoms with Gasteiger partial charge in [-0.2, -0.15) is 0 Å². The number of aromatic hydroxyl groups is 1. The number of hydrogen-bond donors (Lipinski definition) is 1. The van der Waals surface area contributed by atoms with Crippen LogP contribution in [0.5, 0.6) is 11.6 Å². The quantitative estimate of drug-likeness (QED) is 0.883. The molecule has 2 heterocycles. The number of benzene rings is 1. The second-order valence-electron chi connectivity index (χ2n) is 4.46. The molecule has 1 aromatic heterocycles. The first-order valence-electron chi connectivity index (χ1n) is 6.15. The second kappa shape index (κ2) is 4.82. The third kappa shape index (κ3) is 2.38. The number of phenols is 1. The van der Waals surface area contributed by atoms with Gasteiger partial charge in [0.2, 0.25) is 5.88 Å². The van der Waals surface area contributed by atoms with Crippen LogP contribution < -0.4 is 4.74 Å². The summed E-state index contributed by atoms with van der Waals surface area (Å²) in [7, 11) is 0.